The molecule has 0 saturated heterocycles. The molecule has 4 rings (SSSR count). The summed E-state index contributed by atoms with van der Waals surface area (Å²) in [5, 5.41) is 8.88. The Morgan fingerprint density at radius 2 is 1.00 bits per heavy atom. The SMILES string of the molecule is N#Cc1c(F)cc(-c2nc(-c3ccccc3)nc(-c3ccccc3)n2)cc1F. The Labute approximate surface area is 159 Å². The zero-order chi connectivity index (χ0) is 19.5. The van der Waals surface area contributed by atoms with Crippen LogP contribution in [-0.4, -0.2) is 15.0 Å². The summed E-state index contributed by atoms with van der Waals surface area (Å²) in [5.41, 5.74) is 0.992. The maximum atomic E-state index is 14.1. The van der Waals surface area contributed by atoms with Gasteiger partial charge in [-0.3, -0.25) is 0 Å². The van der Waals surface area contributed by atoms with Crippen LogP contribution >= 0.6 is 0 Å². The van der Waals surface area contributed by atoms with Crippen molar-refractivity contribution in [1.82, 2.24) is 15.0 Å². The fraction of sp³-hybridized carbons (Fsp3) is 0. The highest BCUT2D eigenvalue weighted by molar-refractivity contribution is 5.66. The lowest BCUT2D eigenvalue weighted by molar-refractivity contribution is 0.577. The molecule has 1 aromatic heterocycles. The van der Waals surface area contributed by atoms with Crippen molar-refractivity contribution >= 4 is 0 Å². The number of hydrogen-bond acceptors (Lipinski definition) is 4. The standard InChI is InChI=1S/C22H12F2N4/c23-18-11-16(12-19(24)17(18)13-25)22-27-20(14-7-3-1-4-8-14)26-21(28-22)15-9-5-2-6-10-15/h1-12H. The van der Waals surface area contributed by atoms with E-state index in [9.17, 15) is 8.78 Å². The molecule has 28 heavy (non-hydrogen) atoms. The van der Waals surface area contributed by atoms with Crippen LogP contribution in [0, 0.1) is 23.0 Å². The van der Waals surface area contributed by atoms with Crippen molar-refractivity contribution in [3.63, 3.8) is 0 Å². The summed E-state index contributed by atoms with van der Waals surface area (Å²) in [6.45, 7) is 0. The van der Waals surface area contributed by atoms with Gasteiger partial charge in [0.1, 0.15) is 23.3 Å². The average molecular weight is 370 g/mol. The van der Waals surface area contributed by atoms with Crippen LogP contribution in [0.25, 0.3) is 34.2 Å². The van der Waals surface area contributed by atoms with E-state index in [-0.39, 0.29) is 11.4 Å². The van der Waals surface area contributed by atoms with E-state index in [4.69, 9.17) is 5.26 Å². The normalized spacial score (nSPS) is 10.5. The Balaban J connectivity index is 1.94. The Hall–Kier alpha value is -3.98. The van der Waals surface area contributed by atoms with Gasteiger partial charge in [0, 0.05) is 16.7 Å². The van der Waals surface area contributed by atoms with Crippen LogP contribution in [0.2, 0.25) is 0 Å². The molecular formula is C22H12F2N4. The molecule has 0 atom stereocenters. The van der Waals surface area contributed by atoms with Crippen molar-refractivity contribution in [2.75, 3.05) is 0 Å². The highest BCUT2D eigenvalue weighted by atomic mass is 19.1. The minimum atomic E-state index is -0.958. The second-order valence-electron chi connectivity index (χ2n) is 5.96. The fourth-order valence-electron chi connectivity index (χ4n) is 2.75. The second kappa shape index (κ2) is 7.33. The molecule has 6 heteroatoms. The molecule has 4 aromatic rings. The zero-order valence-corrected chi connectivity index (χ0v) is 14.5. The van der Waals surface area contributed by atoms with Crippen molar-refractivity contribution in [2.24, 2.45) is 0 Å². The van der Waals surface area contributed by atoms with E-state index in [1.165, 1.54) is 6.07 Å². The maximum Gasteiger partial charge on any atom is 0.164 e. The van der Waals surface area contributed by atoms with Gasteiger partial charge in [-0.25, -0.2) is 23.7 Å². The molecule has 0 radical (unpaired) electrons. The van der Waals surface area contributed by atoms with Gasteiger partial charge >= 0.3 is 0 Å². The summed E-state index contributed by atoms with van der Waals surface area (Å²) < 4.78 is 28.2. The Morgan fingerprint density at radius 1 is 0.607 bits per heavy atom. The molecule has 0 fully saturated rings. The smallest absolute Gasteiger partial charge is 0.164 e. The first-order chi connectivity index (χ1) is 13.7. The number of rotatable bonds is 3. The van der Waals surface area contributed by atoms with Crippen molar-refractivity contribution < 1.29 is 8.78 Å². The van der Waals surface area contributed by atoms with Crippen LogP contribution in [0.4, 0.5) is 8.78 Å². The van der Waals surface area contributed by atoms with Gasteiger partial charge in [0.25, 0.3) is 0 Å². The largest absolute Gasteiger partial charge is 0.208 e. The molecule has 0 spiro atoms. The highest BCUT2D eigenvalue weighted by Crippen LogP contribution is 2.26. The quantitative estimate of drug-likeness (QED) is 0.508. The number of benzene rings is 3. The molecule has 0 bridgehead atoms. The molecule has 0 aliphatic carbocycles. The predicted molar refractivity (Wildman–Crippen MR) is 101 cm³/mol. The predicted octanol–water partition coefficient (Wildman–Crippen LogP) is 5.02. The molecular weight excluding hydrogens is 358 g/mol. The van der Waals surface area contributed by atoms with Crippen LogP contribution in [-0.2, 0) is 0 Å². The van der Waals surface area contributed by atoms with Gasteiger partial charge < -0.3 is 0 Å². The van der Waals surface area contributed by atoms with Crippen LogP contribution in [0.3, 0.4) is 0 Å². The number of aromatic nitrogens is 3. The first kappa shape index (κ1) is 17.4. The van der Waals surface area contributed by atoms with E-state index in [2.05, 4.69) is 15.0 Å². The van der Waals surface area contributed by atoms with Gasteiger partial charge in [-0.15, -0.1) is 0 Å². The Kier molecular flexibility index (Phi) is 4.56. The van der Waals surface area contributed by atoms with Crippen LogP contribution in [0.1, 0.15) is 5.56 Å². The van der Waals surface area contributed by atoms with Crippen molar-refractivity contribution in [3.05, 3.63) is 90.0 Å². The van der Waals surface area contributed by atoms with E-state index in [1.54, 1.807) is 0 Å². The van der Waals surface area contributed by atoms with Crippen LogP contribution in [0.5, 0.6) is 0 Å². The van der Waals surface area contributed by atoms with E-state index in [0.29, 0.717) is 11.6 Å². The summed E-state index contributed by atoms with van der Waals surface area (Å²) in [4.78, 5) is 13.3. The van der Waals surface area contributed by atoms with E-state index in [1.807, 2.05) is 60.7 Å². The first-order valence-electron chi connectivity index (χ1n) is 8.42. The van der Waals surface area contributed by atoms with Gasteiger partial charge in [-0.1, -0.05) is 60.7 Å². The average Bonchev–Trinajstić information content (AvgIpc) is 2.74. The van der Waals surface area contributed by atoms with Gasteiger partial charge in [0.05, 0.1) is 0 Å². The highest BCUT2D eigenvalue weighted by Gasteiger charge is 2.16. The molecule has 1 heterocycles. The van der Waals surface area contributed by atoms with E-state index in [0.717, 1.165) is 23.3 Å². The third-order valence-electron chi connectivity index (χ3n) is 4.11. The summed E-state index contributed by atoms with van der Waals surface area (Å²) in [6, 6.07) is 22.1. The van der Waals surface area contributed by atoms with Crippen molar-refractivity contribution in [1.29, 1.82) is 5.26 Å². The monoisotopic (exact) mass is 370 g/mol. The summed E-state index contributed by atoms with van der Waals surface area (Å²) in [6.07, 6.45) is 0. The summed E-state index contributed by atoms with van der Waals surface area (Å²) in [5.74, 6) is -1.03. The lowest BCUT2D eigenvalue weighted by Gasteiger charge is -2.09. The number of nitriles is 1. The third-order valence-corrected chi connectivity index (χ3v) is 4.11. The van der Waals surface area contributed by atoms with Crippen LogP contribution in [0.15, 0.2) is 72.8 Å². The molecule has 0 aliphatic rings. The van der Waals surface area contributed by atoms with Crippen molar-refractivity contribution in [2.45, 2.75) is 0 Å². The van der Waals surface area contributed by atoms with Gasteiger partial charge in [-0.05, 0) is 12.1 Å². The number of nitrogens with zero attached hydrogens (tertiary/aromatic N) is 4. The molecule has 3 aromatic carbocycles. The number of hydrogen-bond donors (Lipinski definition) is 0. The summed E-state index contributed by atoms with van der Waals surface area (Å²) in [7, 11) is 0. The molecule has 0 aliphatic heterocycles. The lowest BCUT2D eigenvalue weighted by atomic mass is 10.1. The van der Waals surface area contributed by atoms with E-state index >= 15 is 0 Å². The van der Waals surface area contributed by atoms with Gasteiger partial charge in [-0.2, -0.15) is 5.26 Å². The van der Waals surface area contributed by atoms with Gasteiger partial charge in [0.15, 0.2) is 17.5 Å². The Morgan fingerprint density at radius 3 is 1.39 bits per heavy atom. The minimum absolute atomic E-state index is 0.120. The fourth-order valence-corrected chi connectivity index (χ4v) is 2.75. The topological polar surface area (TPSA) is 62.5 Å². The lowest BCUT2D eigenvalue weighted by Crippen LogP contribution is -2.01. The number of halogens is 2. The van der Waals surface area contributed by atoms with Gasteiger partial charge in [0.2, 0.25) is 0 Å². The Bertz CT molecular complexity index is 1110. The summed E-state index contributed by atoms with van der Waals surface area (Å²) >= 11 is 0. The molecule has 0 unspecified atom stereocenters. The second-order valence-corrected chi connectivity index (χ2v) is 5.96. The molecule has 0 amide bonds. The first-order valence-corrected chi connectivity index (χ1v) is 8.42. The molecule has 134 valence electrons. The molecule has 4 nitrogen and oxygen atoms in total. The molecule has 0 saturated carbocycles. The zero-order valence-electron chi connectivity index (χ0n) is 14.5. The maximum absolute atomic E-state index is 14.1. The molecule has 0 N–H and O–H groups in total. The van der Waals surface area contributed by atoms with Crippen molar-refractivity contribution in [3.8, 4) is 40.2 Å². The van der Waals surface area contributed by atoms with Crippen LogP contribution < -0.4 is 0 Å². The minimum Gasteiger partial charge on any atom is -0.208 e. The van der Waals surface area contributed by atoms with E-state index < -0.39 is 17.2 Å². The third kappa shape index (κ3) is 3.33.